The van der Waals surface area contributed by atoms with Crippen molar-refractivity contribution in [3.63, 3.8) is 0 Å². The number of nitrogens with one attached hydrogen (secondary N) is 1. The van der Waals surface area contributed by atoms with Gasteiger partial charge >= 0.3 is 0 Å². The van der Waals surface area contributed by atoms with Crippen molar-refractivity contribution < 1.29 is 0 Å². The predicted molar refractivity (Wildman–Crippen MR) is 63.4 cm³/mol. The molecule has 1 nitrogen and oxygen atoms in total. The van der Waals surface area contributed by atoms with Crippen molar-refractivity contribution in [1.82, 2.24) is 5.32 Å². The quantitative estimate of drug-likeness (QED) is 0.688. The highest BCUT2D eigenvalue weighted by molar-refractivity contribution is 4.86. The van der Waals surface area contributed by atoms with Crippen molar-refractivity contribution >= 4 is 0 Å². The minimum atomic E-state index is 0.651. The highest BCUT2D eigenvalue weighted by Crippen LogP contribution is 2.41. The van der Waals surface area contributed by atoms with Gasteiger partial charge in [0.05, 0.1) is 0 Å². The second-order valence-corrected chi connectivity index (χ2v) is 5.14. The van der Waals surface area contributed by atoms with E-state index < -0.39 is 0 Å². The Morgan fingerprint density at radius 3 is 2.14 bits per heavy atom. The van der Waals surface area contributed by atoms with Gasteiger partial charge in [0.15, 0.2) is 0 Å². The van der Waals surface area contributed by atoms with E-state index in [1.165, 1.54) is 32.2 Å². The van der Waals surface area contributed by atoms with E-state index in [1.807, 2.05) is 0 Å². The normalized spacial score (nSPS) is 27.0. The Morgan fingerprint density at radius 1 is 1.14 bits per heavy atom. The third-order valence-electron chi connectivity index (χ3n) is 3.92. The van der Waals surface area contributed by atoms with E-state index in [9.17, 15) is 0 Å². The topological polar surface area (TPSA) is 12.0 Å². The Kier molecular flexibility index (Phi) is 4.94. The molecule has 1 aliphatic rings. The Balaban J connectivity index is 2.27. The van der Waals surface area contributed by atoms with Crippen LogP contribution < -0.4 is 5.32 Å². The maximum absolute atomic E-state index is 3.58. The molecule has 0 aromatic heterocycles. The molecule has 1 rings (SSSR count). The third kappa shape index (κ3) is 2.98. The van der Waals surface area contributed by atoms with Gasteiger partial charge < -0.3 is 5.32 Å². The first-order valence-corrected chi connectivity index (χ1v) is 6.42. The Morgan fingerprint density at radius 2 is 1.79 bits per heavy atom. The SMILES string of the molecule is CCC(CC)C1CCC1CNC(C)C. The fourth-order valence-electron chi connectivity index (χ4n) is 2.75. The van der Waals surface area contributed by atoms with Gasteiger partial charge in [0.25, 0.3) is 0 Å². The average Bonchev–Trinajstić information content (AvgIpc) is 2.11. The molecule has 1 saturated carbocycles. The van der Waals surface area contributed by atoms with Crippen LogP contribution in [0.1, 0.15) is 53.4 Å². The summed E-state index contributed by atoms with van der Waals surface area (Å²) in [6, 6.07) is 0.651. The molecular formula is C13H27N. The summed E-state index contributed by atoms with van der Waals surface area (Å²) in [5.74, 6) is 2.99. The molecule has 0 bridgehead atoms. The number of hydrogen-bond donors (Lipinski definition) is 1. The molecule has 1 aliphatic carbocycles. The second-order valence-electron chi connectivity index (χ2n) is 5.14. The third-order valence-corrected chi connectivity index (χ3v) is 3.92. The minimum absolute atomic E-state index is 0.651. The molecule has 0 aromatic carbocycles. The lowest BCUT2D eigenvalue weighted by Gasteiger charge is -2.42. The minimum Gasteiger partial charge on any atom is -0.314 e. The van der Waals surface area contributed by atoms with Gasteiger partial charge in [-0.05, 0) is 37.1 Å². The molecule has 0 heterocycles. The van der Waals surface area contributed by atoms with E-state index in [0.717, 1.165) is 17.8 Å². The summed E-state index contributed by atoms with van der Waals surface area (Å²) in [7, 11) is 0. The summed E-state index contributed by atoms with van der Waals surface area (Å²) in [4.78, 5) is 0. The lowest BCUT2D eigenvalue weighted by atomic mass is 9.65. The molecule has 0 aromatic rings. The average molecular weight is 197 g/mol. The second kappa shape index (κ2) is 5.75. The van der Waals surface area contributed by atoms with Gasteiger partial charge in [0.2, 0.25) is 0 Å². The smallest absolute Gasteiger partial charge is 0.00104 e. The van der Waals surface area contributed by atoms with Gasteiger partial charge in [-0.1, -0.05) is 40.5 Å². The zero-order valence-electron chi connectivity index (χ0n) is 10.3. The molecule has 2 unspecified atom stereocenters. The van der Waals surface area contributed by atoms with Crippen molar-refractivity contribution in [1.29, 1.82) is 0 Å². The molecule has 0 amide bonds. The summed E-state index contributed by atoms with van der Waals surface area (Å²) in [5.41, 5.74) is 0. The predicted octanol–water partition coefficient (Wildman–Crippen LogP) is 3.45. The first-order valence-electron chi connectivity index (χ1n) is 6.42. The zero-order chi connectivity index (χ0) is 10.6. The van der Waals surface area contributed by atoms with Crippen molar-refractivity contribution in [3.05, 3.63) is 0 Å². The largest absolute Gasteiger partial charge is 0.314 e. The van der Waals surface area contributed by atoms with Crippen molar-refractivity contribution in [2.24, 2.45) is 17.8 Å². The van der Waals surface area contributed by atoms with Crippen LogP contribution in [0.2, 0.25) is 0 Å². The highest BCUT2D eigenvalue weighted by Gasteiger charge is 2.34. The molecule has 0 spiro atoms. The van der Waals surface area contributed by atoms with Gasteiger partial charge in [-0.3, -0.25) is 0 Å². The molecule has 1 heteroatoms. The van der Waals surface area contributed by atoms with Crippen LogP contribution in [0.4, 0.5) is 0 Å². The van der Waals surface area contributed by atoms with Crippen molar-refractivity contribution in [3.8, 4) is 0 Å². The Bertz CT molecular complexity index is 149. The molecule has 84 valence electrons. The summed E-state index contributed by atoms with van der Waals surface area (Å²) in [6.45, 7) is 10.4. The fraction of sp³-hybridized carbons (Fsp3) is 1.00. The first kappa shape index (κ1) is 12.0. The van der Waals surface area contributed by atoms with Crippen LogP contribution in [-0.4, -0.2) is 12.6 Å². The van der Waals surface area contributed by atoms with Crippen LogP contribution in [0, 0.1) is 17.8 Å². The standard InChI is InChI=1S/C13H27N/c1-5-11(6-2)13-8-7-12(13)9-14-10(3)4/h10-14H,5-9H2,1-4H3. The van der Waals surface area contributed by atoms with E-state index in [0.29, 0.717) is 6.04 Å². The zero-order valence-corrected chi connectivity index (χ0v) is 10.3. The monoisotopic (exact) mass is 197 g/mol. The lowest BCUT2D eigenvalue weighted by molar-refractivity contribution is 0.0949. The molecule has 1 N–H and O–H groups in total. The highest BCUT2D eigenvalue weighted by atomic mass is 14.9. The molecule has 14 heavy (non-hydrogen) atoms. The van der Waals surface area contributed by atoms with Crippen molar-refractivity contribution in [2.45, 2.75) is 59.4 Å². The molecule has 1 fully saturated rings. The van der Waals surface area contributed by atoms with Crippen LogP contribution in [0.5, 0.6) is 0 Å². The van der Waals surface area contributed by atoms with Gasteiger partial charge in [-0.2, -0.15) is 0 Å². The Hall–Kier alpha value is -0.0400. The number of rotatable bonds is 6. The summed E-state index contributed by atoms with van der Waals surface area (Å²) in [5, 5.41) is 3.58. The van der Waals surface area contributed by atoms with Crippen molar-refractivity contribution in [2.75, 3.05) is 6.54 Å². The molecular weight excluding hydrogens is 170 g/mol. The van der Waals surface area contributed by atoms with Gasteiger partial charge in [0.1, 0.15) is 0 Å². The van der Waals surface area contributed by atoms with E-state index in [2.05, 4.69) is 33.0 Å². The van der Waals surface area contributed by atoms with E-state index in [1.54, 1.807) is 0 Å². The van der Waals surface area contributed by atoms with E-state index in [4.69, 9.17) is 0 Å². The Labute approximate surface area is 89.7 Å². The van der Waals surface area contributed by atoms with Crippen LogP contribution in [-0.2, 0) is 0 Å². The molecule has 2 atom stereocenters. The van der Waals surface area contributed by atoms with E-state index in [-0.39, 0.29) is 0 Å². The van der Waals surface area contributed by atoms with Gasteiger partial charge in [-0.15, -0.1) is 0 Å². The lowest BCUT2D eigenvalue weighted by Crippen LogP contribution is -2.40. The maximum Gasteiger partial charge on any atom is 0.00104 e. The number of hydrogen-bond acceptors (Lipinski definition) is 1. The molecule has 0 aliphatic heterocycles. The van der Waals surface area contributed by atoms with Crippen LogP contribution in [0.15, 0.2) is 0 Å². The van der Waals surface area contributed by atoms with Crippen LogP contribution >= 0.6 is 0 Å². The summed E-state index contributed by atoms with van der Waals surface area (Å²) >= 11 is 0. The molecule has 0 radical (unpaired) electrons. The maximum atomic E-state index is 3.58. The van der Waals surface area contributed by atoms with Gasteiger partial charge in [0, 0.05) is 6.04 Å². The molecule has 0 saturated heterocycles. The summed E-state index contributed by atoms with van der Waals surface area (Å²) in [6.07, 6.45) is 5.69. The van der Waals surface area contributed by atoms with E-state index >= 15 is 0 Å². The summed E-state index contributed by atoms with van der Waals surface area (Å²) < 4.78 is 0. The fourth-order valence-corrected chi connectivity index (χ4v) is 2.75. The first-order chi connectivity index (χ1) is 6.69. The van der Waals surface area contributed by atoms with Crippen LogP contribution in [0.3, 0.4) is 0 Å². The van der Waals surface area contributed by atoms with Gasteiger partial charge in [-0.25, -0.2) is 0 Å². The van der Waals surface area contributed by atoms with Crippen LogP contribution in [0.25, 0.3) is 0 Å².